The topological polar surface area (TPSA) is 93.2 Å². The molecule has 4 rings (SSSR count). The lowest BCUT2D eigenvalue weighted by atomic mass is 9.99. The molecule has 0 saturated carbocycles. The minimum atomic E-state index is -0.139. The second kappa shape index (κ2) is 12.8. The van der Waals surface area contributed by atoms with Crippen molar-refractivity contribution in [1.29, 1.82) is 0 Å². The summed E-state index contributed by atoms with van der Waals surface area (Å²) in [5, 5.41) is 6.04. The Balaban J connectivity index is 1.59. The van der Waals surface area contributed by atoms with Crippen molar-refractivity contribution < 1.29 is 23.8 Å². The van der Waals surface area contributed by atoms with Crippen LogP contribution in [0.4, 0.5) is 5.69 Å². The molecule has 1 N–H and O–H groups in total. The Bertz CT molecular complexity index is 1040. The van der Waals surface area contributed by atoms with E-state index in [1.165, 1.54) is 0 Å². The molecule has 3 atom stereocenters. The molecule has 37 heavy (non-hydrogen) atoms. The lowest BCUT2D eigenvalue weighted by Gasteiger charge is -2.35. The van der Waals surface area contributed by atoms with E-state index >= 15 is 0 Å². The monoisotopic (exact) mass is 530 g/mol. The highest BCUT2D eigenvalue weighted by molar-refractivity contribution is 7.09. The number of rotatable bonds is 5. The molecular weight excluding hydrogens is 492 g/mol. The lowest BCUT2D eigenvalue weighted by Crippen LogP contribution is -2.46. The number of methoxy groups -OCH3 is 1. The fraction of sp³-hybridized carbons (Fsp3) is 0.593. The molecule has 2 amide bonds. The second-order valence-electron chi connectivity index (χ2n) is 10.0. The van der Waals surface area contributed by atoms with Crippen molar-refractivity contribution >= 4 is 28.8 Å². The number of benzene rings is 1. The number of aromatic nitrogens is 1. The number of thiazole rings is 1. The molecule has 2 aromatic rings. The average Bonchev–Trinajstić information content (AvgIpc) is 3.42. The first kappa shape index (κ1) is 27.5. The maximum atomic E-state index is 13.4. The molecule has 0 bridgehead atoms. The van der Waals surface area contributed by atoms with Crippen LogP contribution in [-0.2, 0) is 20.8 Å². The van der Waals surface area contributed by atoms with Gasteiger partial charge >= 0.3 is 0 Å². The Hall–Kier alpha value is -2.53. The Labute approximate surface area is 223 Å². The number of hydrogen-bond acceptors (Lipinski definition) is 8. The summed E-state index contributed by atoms with van der Waals surface area (Å²) in [5.74, 6) is 0.407. The predicted molar refractivity (Wildman–Crippen MR) is 143 cm³/mol. The molecule has 2 aliphatic heterocycles. The maximum absolute atomic E-state index is 13.4. The van der Waals surface area contributed by atoms with Crippen LogP contribution in [0.15, 0.2) is 29.8 Å². The molecule has 9 nitrogen and oxygen atoms in total. The van der Waals surface area contributed by atoms with Crippen molar-refractivity contribution in [1.82, 2.24) is 14.8 Å². The Morgan fingerprint density at radius 3 is 2.73 bits per heavy atom. The molecule has 0 spiro atoms. The van der Waals surface area contributed by atoms with Gasteiger partial charge in [0.25, 0.3) is 5.91 Å². The van der Waals surface area contributed by atoms with Crippen molar-refractivity contribution in [2.75, 3.05) is 52.4 Å². The van der Waals surface area contributed by atoms with Gasteiger partial charge in [0.05, 0.1) is 18.2 Å². The van der Waals surface area contributed by atoms with E-state index in [9.17, 15) is 9.59 Å². The smallest absolute Gasteiger partial charge is 0.257 e. The van der Waals surface area contributed by atoms with Crippen molar-refractivity contribution in [2.45, 2.75) is 45.4 Å². The van der Waals surface area contributed by atoms with E-state index in [1.54, 1.807) is 48.6 Å². The molecular formula is C27H38N4O5S. The van der Waals surface area contributed by atoms with Crippen LogP contribution in [0.25, 0.3) is 0 Å². The van der Waals surface area contributed by atoms with Gasteiger partial charge in [-0.3, -0.25) is 14.5 Å². The van der Waals surface area contributed by atoms with Crippen LogP contribution in [0.2, 0.25) is 0 Å². The van der Waals surface area contributed by atoms with Crippen LogP contribution in [-0.4, -0.2) is 85.8 Å². The largest absolute Gasteiger partial charge is 0.491 e. The molecule has 0 aliphatic carbocycles. The van der Waals surface area contributed by atoms with E-state index < -0.39 is 0 Å². The van der Waals surface area contributed by atoms with E-state index in [-0.39, 0.29) is 35.8 Å². The number of likely N-dealkylation sites (N-methyl/N-ethyl adjacent to an activating group) is 1. The van der Waals surface area contributed by atoms with Gasteiger partial charge in [-0.1, -0.05) is 6.92 Å². The number of amides is 2. The minimum absolute atomic E-state index is 0.0280. The molecule has 2 aliphatic rings. The Kier molecular flexibility index (Phi) is 9.53. The normalized spacial score (nSPS) is 24.5. The van der Waals surface area contributed by atoms with Crippen LogP contribution in [0.1, 0.15) is 42.1 Å². The molecule has 1 aromatic carbocycles. The zero-order valence-corrected chi connectivity index (χ0v) is 23.0. The summed E-state index contributed by atoms with van der Waals surface area (Å²) in [7, 11) is 3.48. The fourth-order valence-electron chi connectivity index (χ4n) is 4.85. The van der Waals surface area contributed by atoms with Gasteiger partial charge < -0.3 is 24.4 Å². The van der Waals surface area contributed by atoms with Gasteiger partial charge in [0.1, 0.15) is 17.4 Å². The fourth-order valence-corrected chi connectivity index (χ4v) is 5.49. The SMILES string of the molecule is CO[C@H]1CN(C)C(=O)c2ccc(NC(=O)C3CCOCC3)cc2OC[C@H](C)N(Cc2nccs2)C[C@@H]1C. The summed E-state index contributed by atoms with van der Waals surface area (Å²) in [4.78, 5) is 34.7. The number of nitrogens with zero attached hydrogens (tertiary/aromatic N) is 3. The van der Waals surface area contributed by atoms with E-state index in [0.29, 0.717) is 62.8 Å². The van der Waals surface area contributed by atoms with Gasteiger partial charge in [-0.15, -0.1) is 11.3 Å². The third kappa shape index (κ3) is 7.07. The van der Waals surface area contributed by atoms with E-state index in [2.05, 4.69) is 29.0 Å². The van der Waals surface area contributed by atoms with Crippen LogP contribution in [0.3, 0.4) is 0 Å². The molecule has 1 saturated heterocycles. The van der Waals surface area contributed by atoms with Gasteiger partial charge in [0, 0.05) is 75.8 Å². The molecule has 1 aromatic heterocycles. The highest BCUT2D eigenvalue weighted by atomic mass is 32.1. The second-order valence-corrected chi connectivity index (χ2v) is 11.0. The van der Waals surface area contributed by atoms with Crippen molar-refractivity contribution in [2.24, 2.45) is 11.8 Å². The first-order chi connectivity index (χ1) is 17.9. The zero-order valence-electron chi connectivity index (χ0n) is 22.1. The van der Waals surface area contributed by atoms with Gasteiger partial charge in [-0.25, -0.2) is 4.98 Å². The number of hydrogen-bond donors (Lipinski definition) is 1. The molecule has 10 heteroatoms. The number of anilines is 1. The molecule has 0 radical (unpaired) electrons. The first-order valence-electron chi connectivity index (χ1n) is 12.9. The average molecular weight is 531 g/mol. The Morgan fingerprint density at radius 1 is 1.24 bits per heavy atom. The molecule has 1 fully saturated rings. The summed E-state index contributed by atoms with van der Waals surface area (Å²) in [6.07, 6.45) is 3.12. The summed E-state index contributed by atoms with van der Waals surface area (Å²) in [6.45, 7) is 7.81. The summed E-state index contributed by atoms with van der Waals surface area (Å²) in [6, 6.07) is 5.33. The van der Waals surface area contributed by atoms with Crippen LogP contribution < -0.4 is 10.1 Å². The highest BCUT2D eigenvalue weighted by Gasteiger charge is 2.29. The molecule has 0 unspecified atom stereocenters. The van der Waals surface area contributed by atoms with Crippen molar-refractivity contribution in [3.63, 3.8) is 0 Å². The van der Waals surface area contributed by atoms with Gasteiger partial charge in [-0.05, 0) is 37.8 Å². The van der Waals surface area contributed by atoms with Crippen LogP contribution in [0.5, 0.6) is 5.75 Å². The van der Waals surface area contributed by atoms with Gasteiger partial charge in [0.2, 0.25) is 5.91 Å². The third-order valence-electron chi connectivity index (χ3n) is 7.26. The van der Waals surface area contributed by atoms with Crippen molar-refractivity contribution in [3.8, 4) is 5.75 Å². The van der Waals surface area contributed by atoms with Crippen LogP contribution >= 0.6 is 11.3 Å². The molecule has 3 heterocycles. The predicted octanol–water partition coefficient (Wildman–Crippen LogP) is 3.51. The number of fused-ring (bicyclic) bond motifs is 1. The number of carbonyl (C=O) groups excluding carboxylic acids is 2. The minimum Gasteiger partial charge on any atom is -0.491 e. The van der Waals surface area contributed by atoms with Crippen molar-refractivity contribution in [3.05, 3.63) is 40.3 Å². The highest BCUT2D eigenvalue weighted by Crippen LogP contribution is 2.28. The quantitative estimate of drug-likeness (QED) is 0.632. The number of nitrogens with one attached hydrogen (secondary N) is 1. The lowest BCUT2D eigenvalue weighted by molar-refractivity contribution is -0.122. The van der Waals surface area contributed by atoms with E-state index in [1.807, 2.05) is 11.6 Å². The van der Waals surface area contributed by atoms with E-state index in [4.69, 9.17) is 14.2 Å². The maximum Gasteiger partial charge on any atom is 0.257 e. The van der Waals surface area contributed by atoms with E-state index in [0.717, 1.165) is 11.6 Å². The summed E-state index contributed by atoms with van der Waals surface area (Å²) < 4.78 is 17.5. The third-order valence-corrected chi connectivity index (χ3v) is 8.02. The summed E-state index contributed by atoms with van der Waals surface area (Å²) in [5.41, 5.74) is 1.08. The van der Waals surface area contributed by atoms with Gasteiger partial charge in [0.15, 0.2) is 0 Å². The Morgan fingerprint density at radius 2 is 2.03 bits per heavy atom. The van der Waals surface area contributed by atoms with Gasteiger partial charge in [-0.2, -0.15) is 0 Å². The standard InChI is InChI=1S/C27H38N4O5S/c1-18-14-31(16-25-28-9-12-37-25)19(2)17-36-23-13-21(29-26(32)20-7-10-35-11-8-20)5-6-22(23)27(33)30(3)15-24(18)34-4/h5-6,9,12-13,18-20,24H,7-8,10-11,14-17H2,1-4H3,(H,29,32)/t18-,19-,24-/m0/s1. The first-order valence-corrected chi connectivity index (χ1v) is 13.8. The molecule has 202 valence electrons. The van der Waals surface area contributed by atoms with Crippen LogP contribution in [0, 0.1) is 11.8 Å². The number of ether oxygens (including phenoxy) is 3. The number of carbonyl (C=O) groups is 2. The summed E-state index contributed by atoms with van der Waals surface area (Å²) >= 11 is 1.64. The zero-order chi connectivity index (χ0) is 26.4.